The highest BCUT2D eigenvalue weighted by molar-refractivity contribution is 6.35. The molecule has 3 aromatic heterocycles. The molecule has 0 spiro atoms. The van der Waals surface area contributed by atoms with E-state index in [-0.39, 0.29) is 17.8 Å². The van der Waals surface area contributed by atoms with Crippen LogP contribution in [0.5, 0.6) is 0 Å². The van der Waals surface area contributed by atoms with E-state index in [9.17, 15) is 4.39 Å². The maximum atomic E-state index is 13.6. The molecular weight excluding hydrogens is 439 g/mol. The Balaban J connectivity index is 1.49. The molecule has 4 heterocycles. The largest absolute Gasteiger partial charge is 0.368 e. The first-order chi connectivity index (χ1) is 16.1. The van der Waals surface area contributed by atoms with Crippen molar-refractivity contribution in [2.24, 2.45) is 0 Å². The number of nitrogen functional groups attached to an aromatic ring is 1. The van der Waals surface area contributed by atoms with Gasteiger partial charge in [0, 0.05) is 46.8 Å². The van der Waals surface area contributed by atoms with E-state index < -0.39 is 0 Å². The van der Waals surface area contributed by atoms with Gasteiger partial charge in [0.25, 0.3) is 0 Å². The minimum absolute atomic E-state index is 0.169. The van der Waals surface area contributed by atoms with Crippen molar-refractivity contribution >= 4 is 28.5 Å². The maximum absolute atomic E-state index is 13.6. The Labute approximate surface area is 194 Å². The molecule has 0 radical (unpaired) electrons. The summed E-state index contributed by atoms with van der Waals surface area (Å²) in [6, 6.07) is 16.4. The van der Waals surface area contributed by atoms with Crippen LogP contribution in [0.2, 0.25) is 5.02 Å². The van der Waals surface area contributed by atoms with Crippen molar-refractivity contribution < 1.29 is 4.39 Å². The van der Waals surface area contributed by atoms with Crippen LogP contribution >= 0.6 is 11.6 Å². The summed E-state index contributed by atoms with van der Waals surface area (Å²) >= 11 is 6.39. The highest BCUT2D eigenvalue weighted by Crippen LogP contribution is 2.40. The number of hydrogen-bond acceptors (Lipinski definition) is 4. The van der Waals surface area contributed by atoms with Crippen molar-refractivity contribution in [3.63, 3.8) is 0 Å². The van der Waals surface area contributed by atoms with Gasteiger partial charge in [-0.15, -0.1) is 0 Å². The lowest BCUT2D eigenvalue weighted by Crippen LogP contribution is -2.13. The molecule has 6 nitrogen and oxygen atoms in total. The van der Waals surface area contributed by atoms with E-state index >= 15 is 0 Å². The van der Waals surface area contributed by atoms with Crippen LogP contribution in [0.3, 0.4) is 0 Å². The zero-order valence-corrected chi connectivity index (χ0v) is 18.4. The summed E-state index contributed by atoms with van der Waals surface area (Å²) < 4.78 is 18.1. The molecule has 33 heavy (non-hydrogen) atoms. The van der Waals surface area contributed by atoms with Crippen LogP contribution in [-0.2, 0) is 13.0 Å². The Morgan fingerprint density at radius 2 is 1.91 bits per heavy atom. The molecule has 164 valence electrons. The molecule has 0 bridgehead atoms. The number of benzene rings is 2. The van der Waals surface area contributed by atoms with Gasteiger partial charge < -0.3 is 14.9 Å². The number of anilines is 1. The van der Waals surface area contributed by atoms with Gasteiger partial charge in [-0.05, 0) is 55.0 Å². The molecular formula is C25H20ClFN6. The third-order valence-corrected chi connectivity index (χ3v) is 6.58. The number of fused-ring (bicyclic) bond motifs is 2. The van der Waals surface area contributed by atoms with Crippen LogP contribution in [0.4, 0.5) is 10.3 Å². The van der Waals surface area contributed by atoms with Gasteiger partial charge in [-0.2, -0.15) is 0 Å². The quantitative estimate of drug-likeness (QED) is 0.384. The van der Waals surface area contributed by atoms with E-state index in [0.29, 0.717) is 5.69 Å². The number of hydrogen-bond donors (Lipinski definition) is 1. The molecule has 0 saturated carbocycles. The van der Waals surface area contributed by atoms with Gasteiger partial charge in [0.15, 0.2) is 0 Å². The average Bonchev–Trinajstić information content (AvgIpc) is 3.50. The predicted molar refractivity (Wildman–Crippen MR) is 127 cm³/mol. The van der Waals surface area contributed by atoms with E-state index in [1.165, 1.54) is 12.1 Å². The van der Waals surface area contributed by atoms with Gasteiger partial charge in [-0.1, -0.05) is 17.7 Å². The highest BCUT2D eigenvalue weighted by atomic mass is 35.5. The molecule has 6 rings (SSSR count). The molecule has 0 aliphatic carbocycles. The smallest absolute Gasteiger partial charge is 0.220 e. The second-order valence-corrected chi connectivity index (χ2v) is 8.64. The van der Waals surface area contributed by atoms with Crippen molar-refractivity contribution in [3.8, 4) is 22.6 Å². The fraction of sp³-hybridized carbons (Fsp3) is 0.160. The molecule has 0 amide bonds. The molecule has 5 aromatic rings. The maximum Gasteiger partial charge on any atom is 0.220 e. The fourth-order valence-electron chi connectivity index (χ4n) is 4.78. The molecule has 0 fully saturated rings. The van der Waals surface area contributed by atoms with Gasteiger partial charge in [-0.3, -0.25) is 0 Å². The summed E-state index contributed by atoms with van der Waals surface area (Å²) in [7, 11) is 0. The SMILES string of the molecule is Nc1nccc(-c2c(-c3ccc(F)cc3)nc3n2[C@H](Cn2ccc4c(Cl)cccc42)CC3)n1. The first kappa shape index (κ1) is 19.9. The number of aryl methyl sites for hydroxylation is 1. The Bertz CT molecular complexity index is 1490. The molecule has 8 heteroatoms. The van der Waals surface area contributed by atoms with Gasteiger partial charge in [0.2, 0.25) is 5.95 Å². The molecule has 0 saturated heterocycles. The van der Waals surface area contributed by atoms with E-state index in [1.54, 1.807) is 18.3 Å². The summed E-state index contributed by atoms with van der Waals surface area (Å²) in [6.07, 6.45) is 5.53. The van der Waals surface area contributed by atoms with Gasteiger partial charge >= 0.3 is 0 Å². The molecule has 1 atom stereocenters. The zero-order valence-electron chi connectivity index (χ0n) is 17.6. The van der Waals surface area contributed by atoms with E-state index in [4.69, 9.17) is 22.3 Å². The number of nitrogens with zero attached hydrogens (tertiary/aromatic N) is 5. The van der Waals surface area contributed by atoms with Gasteiger partial charge in [-0.25, -0.2) is 19.3 Å². The summed E-state index contributed by atoms with van der Waals surface area (Å²) in [5.41, 5.74) is 10.2. The number of imidazole rings is 1. The zero-order chi connectivity index (χ0) is 22.5. The Morgan fingerprint density at radius 3 is 2.73 bits per heavy atom. The Morgan fingerprint density at radius 1 is 1.06 bits per heavy atom. The van der Waals surface area contributed by atoms with Gasteiger partial charge in [0.05, 0.1) is 23.1 Å². The number of halogens is 2. The number of rotatable bonds is 4. The normalized spacial score (nSPS) is 15.3. The molecule has 2 aromatic carbocycles. The minimum Gasteiger partial charge on any atom is -0.368 e. The van der Waals surface area contributed by atoms with Crippen LogP contribution in [0.15, 0.2) is 67.0 Å². The Hall–Kier alpha value is -3.71. The summed E-state index contributed by atoms with van der Waals surface area (Å²) in [5.74, 6) is 0.907. The summed E-state index contributed by atoms with van der Waals surface area (Å²) in [5, 5.41) is 1.79. The molecule has 1 aliphatic heterocycles. The average molecular weight is 459 g/mol. The number of nitrogens with two attached hydrogens (primary N) is 1. The monoisotopic (exact) mass is 458 g/mol. The molecule has 0 unspecified atom stereocenters. The fourth-order valence-corrected chi connectivity index (χ4v) is 5.01. The number of aromatic nitrogens is 5. The lowest BCUT2D eigenvalue weighted by molar-refractivity contribution is 0.459. The van der Waals surface area contributed by atoms with Crippen molar-refractivity contribution in [1.29, 1.82) is 0 Å². The Kier molecular flexibility index (Phi) is 4.66. The first-order valence-electron chi connectivity index (χ1n) is 10.8. The van der Waals surface area contributed by atoms with Crippen molar-refractivity contribution in [3.05, 3.63) is 83.7 Å². The van der Waals surface area contributed by atoms with E-state index in [0.717, 1.165) is 58.1 Å². The molecule has 1 aliphatic rings. The third kappa shape index (κ3) is 3.36. The summed E-state index contributed by atoms with van der Waals surface area (Å²) in [6.45, 7) is 0.767. The lowest BCUT2D eigenvalue weighted by atomic mass is 10.1. The van der Waals surface area contributed by atoms with Crippen LogP contribution in [0.1, 0.15) is 18.3 Å². The third-order valence-electron chi connectivity index (χ3n) is 6.25. The van der Waals surface area contributed by atoms with E-state index in [2.05, 4.69) is 37.4 Å². The molecule has 2 N–H and O–H groups in total. The van der Waals surface area contributed by atoms with Crippen LogP contribution in [0, 0.1) is 5.82 Å². The predicted octanol–water partition coefficient (Wildman–Crippen LogP) is 5.52. The highest BCUT2D eigenvalue weighted by Gasteiger charge is 2.31. The van der Waals surface area contributed by atoms with Gasteiger partial charge in [0.1, 0.15) is 11.6 Å². The first-order valence-corrected chi connectivity index (χ1v) is 11.2. The van der Waals surface area contributed by atoms with Crippen LogP contribution in [0.25, 0.3) is 33.5 Å². The second-order valence-electron chi connectivity index (χ2n) is 8.24. The van der Waals surface area contributed by atoms with E-state index in [1.807, 2.05) is 18.2 Å². The standard InChI is InChI=1S/C25H20ClFN6/c26-19-2-1-3-21-18(19)11-13-32(21)14-17-8-9-22-31-23(15-4-6-16(27)7-5-15)24(33(17)22)20-10-12-29-25(28)30-20/h1-7,10-13,17H,8-9,14H2,(H2,28,29,30)/t17-/m0/s1. The summed E-state index contributed by atoms with van der Waals surface area (Å²) in [4.78, 5) is 13.5. The van der Waals surface area contributed by atoms with Crippen LogP contribution < -0.4 is 5.73 Å². The van der Waals surface area contributed by atoms with Crippen molar-refractivity contribution in [1.82, 2.24) is 24.1 Å². The van der Waals surface area contributed by atoms with Crippen LogP contribution in [-0.4, -0.2) is 24.1 Å². The lowest BCUT2D eigenvalue weighted by Gasteiger charge is -2.19. The van der Waals surface area contributed by atoms with Crippen molar-refractivity contribution in [2.75, 3.05) is 5.73 Å². The van der Waals surface area contributed by atoms with Crippen molar-refractivity contribution in [2.45, 2.75) is 25.4 Å². The topological polar surface area (TPSA) is 74.5 Å². The minimum atomic E-state index is -0.283. The second kappa shape index (κ2) is 7.71.